The van der Waals surface area contributed by atoms with E-state index in [1.165, 1.54) is 18.4 Å². The number of carbonyl (C=O) groups is 1. The molecule has 0 saturated carbocycles. The molecule has 5 rings (SSSR count). The average molecular weight is 426 g/mol. The minimum Gasteiger partial charge on any atom is -0.453 e. The molecule has 0 unspecified atom stereocenters. The summed E-state index contributed by atoms with van der Waals surface area (Å²) in [7, 11) is 1.45. The summed E-state index contributed by atoms with van der Waals surface area (Å²) in [6.07, 6.45) is 4.50. The maximum Gasteiger partial charge on any atom is 0.409 e. The number of carbonyl (C=O) groups excluding carboxylic acids is 1. The van der Waals surface area contributed by atoms with Gasteiger partial charge in [-0.05, 0) is 51.2 Å². The topological polar surface area (TPSA) is 72.7 Å². The van der Waals surface area contributed by atoms with Gasteiger partial charge < -0.3 is 19.3 Å². The van der Waals surface area contributed by atoms with Crippen LogP contribution in [-0.4, -0.2) is 59.2 Å². The van der Waals surface area contributed by atoms with Crippen molar-refractivity contribution in [3.63, 3.8) is 0 Å². The number of pyridine rings is 1. The summed E-state index contributed by atoms with van der Waals surface area (Å²) in [6.45, 7) is 7.84. The van der Waals surface area contributed by atoms with E-state index >= 15 is 0 Å². The van der Waals surface area contributed by atoms with E-state index in [1.807, 2.05) is 0 Å². The molecule has 0 aliphatic carbocycles. The van der Waals surface area contributed by atoms with Gasteiger partial charge in [-0.2, -0.15) is 5.10 Å². The van der Waals surface area contributed by atoms with Crippen molar-refractivity contribution in [3.05, 3.63) is 34.3 Å². The maximum atomic E-state index is 12.3. The SMILES string of the molecule is COC(=O)N1CCc2c(c(N3CCCc4nc(C)c(C)cc43)nn2C2CCOCC2)C1. The van der Waals surface area contributed by atoms with Crippen molar-refractivity contribution in [1.82, 2.24) is 19.7 Å². The Morgan fingerprint density at radius 1 is 1.19 bits per heavy atom. The van der Waals surface area contributed by atoms with Crippen LogP contribution in [0.4, 0.5) is 16.3 Å². The third-order valence-corrected chi connectivity index (χ3v) is 6.90. The molecule has 166 valence electrons. The Kier molecular flexibility index (Phi) is 5.33. The molecule has 3 aliphatic rings. The Morgan fingerprint density at radius 3 is 2.77 bits per heavy atom. The molecule has 1 fully saturated rings. The summed E-state index contributed by atoms with van der Waals surface area (Å²) in [4.78, 5) is 21.3. The van der Waals surface area contributed by atoms with Crippen LogP contribution < -0.4 is 4.90 Å². The van der Waals surface area contributed by atoms with Gasteiger partial charge in [0.1, 0.15) is 0 Å². The molecule has 0 aromatic carbocycles. The van der Waals surface area contributed by atoms with E-state index in [1.54, 1.807) is 4.90 Å². The fourth-order valence-corrected chi connectivity index (χ4v) is 5.07. The lowest BCUT2D eigenvalue weighted by atomic mass is 10.0. The Labute approximate surface area is 183 Å². The zero-order chi connectivity index (χ0) is 21.5. The number of methoxy groups -OCH3 is 1. The monoisotopic (exact) mass is 425 g/mol. The van der Waals surface area contributed by atoms with Gasteiger partial charge in [-0.25, -0.2) is 4.79 Å². The Morgan fingerprint density at radius 2 is 2.00 bits per heavy atom. The summed E-state index contributed by atoms with van der Waals surface area (Å²) in [5.74, 6) is 0.973. The quantitative estimate of drug-likeness (QED) is 0.734. The van der Waals surface area contributed by atoms with Crippen LogP contribution >= 0.6 is 0 Å². The first-order chi connectivity index (χ1) is 15.1. The van der Waals surface area contributed by atoms with Crippen molar-refractivity contribution in [1.29, 1.82) is 0 Å². The zero-order valence-corrected chi connectivity index (χ0v) is 18.7. The molecule has 2 aromatic rings. The molecule has 3 aliphatic heterocycles. The number of hydrogen-bond acceptors (Lipinski definition) is 6. The highest BCUT2D eigenvalue weighted by Gasteiger charge is 2.34. The van der Waals surface area contributed by atoms with Gasteiger partial charge in [-0.1, -0.05) is 0 Å². The van der Waals surface area contributed by atoms with Crippen molar-refractivity contribution in [2.75, 3.05) is 38.3 Å². The van der Waals surface area contributed by atoms with Crippen molar-refractivity contribution < 1.29 is 14.3 Å². The summed E-state index contributed by atoms with van der Waals surface area (Å²) in [5.41, 5.74) is 6.99. The lowest BCUT2D eigenvalue weighted by molar-refractivity contribution is 0.0649. The van der Waals surface area contributed by atoms with Crippen molar-refractivity contribution in [3.8, 4) is 0 Å². The molecule has 0 spiro atoms. The number of aryl methyl sites for hydroxylation is 3. The zero-order valence-electron chi connectivity index (χ0n) is 18.7. The summed E-state index contributed by atoms with van der Waals surface area (Å²) >= 11 is 0. The third-order valence-electron chi connectivity index (χ3n) is 6.90. The van der Waals surface area contributed by atoms with Crippen LogP contribution in [0.25, 0.3) is 0 Å². The molecule has 8 heteroatoms. The number of ether oxygens (including phenoxy) is 2. The van der Waals surface area contributed by atoms with Gasteiger partial charge in [0, 0.05) is 49.7 Å². The molecule has 1 amide bonds. The lowest BCUT2D eigenvalue weighted by Gasteiger charge is -2.32. The van der Waals surface area contributed by atoms with E-state index in [0.29, 0.717) is 19.1 Å². The van der Waals surface area contributed by atoms with Gasteiger partial charge in [0.05, 0.1) is 31.1 Å². The van der Waals surface area contributed by atoms with E-state index in [9.17, 15) is 4.79 Å². The largest absolute Gasteiger partial charge is 0.453 e. The van der Waals surface area contributed by atoms with Gasteiger partial charge in [0.15, 0.2) is 5.82 Å². The Balaban J connectivity index is 1.60. The fraction of sp³-hybridized carbons (Fsp3) is 0.609. The normalized spacial score (nSPS) is 19.2. The Bertz CT molecular complexity index is 996. The molecule has 0 atom stereocenters. The van der Waals surface area contributed by atoms with Gasteiger partial charge in [-0.3, -0.25) is 9.67 Å². The molecule has 31 heavy (non-hydrogen) atoms. The van der Waals surface area contributed by atoms with Crippen LogP contribution in [-0.2, 0) is 28.9 Å². The van der Waals surface area contributed by atoms with Crippen LogP contribution in [0.1, 0.15) is 53.5 Å². The second kappa shape index (κ2) is 8.15. The number of amides is 1. The number of nitrogens with zero attached hydrogens (tertiary/aromatic N) is 5. The second-order valence-electron chi connectivity index (χ2n) is 8.79. The average Bonchev–Trinajstić information content (AvgIpc) is 3.18. The number of rotatable bonds is 2. The Hall–Kier alpha value is -2.61. The van der Waals surface area contributed by atoms with E-state index in [2.05, 4.69) is 29.5 Å². The minimum absolute atomic E-state index is 0.275. The predicted molar refractivity (Wildman–Crippen MR) is 117 cm³/mol. The number of aromatic nitrogens is 3. The van der Waals surface area contributed by atoms with Crippen LogP contribution in [0.3, 0.4) is 0 Å². The second-order valence-corrected chi connectivity index (χ2v) is 8.79. The summed E-state index contributed by atoms with van der Waals surface area (Å²) in [5, 5.41) is 5.19. The number of fused-ring (bicyclic) bond motifs is 2. The van der Waals surface area contributed by atoms with Crippen molar-refractivity contribution in [2.45, 2.75) is 58.5 Å². The van der Waals surface area contributed by atoms with E-state index < -0.39 is 0 Å². The highest BCUT2D eigenvalue weighted by molar-refractivity contribution is 5.71. The molecular formula is C23H31N5O3. The third kappa shape index (κ3) is 3.56. The van der Waals surface area contributed by atoms with Crippen LogP contribution in [0, 0.1) is 13.8 Å². The van der Waals surface area contributed by atoms with E-state index in [-0.39, 0.29) is 6.09 Å². The van der Waals surface area contributed by atoms with Crippen molar-refractivity contribution in [2.24, 2.45) is 0 Å². The lowest BCUT2D eigenvalue weighted by Crippen LogP contribution is -2.37. The highest BCUT2D eigenvalue weighted by Crippen LogP contribution is 2.39. The molecule has 2 aromatic heterocycles. The molecule has 8 nitrogen and oxygen atoms in total. The summed E-state index contributed by atoms with van der Waals surface area (Å²) in [6, 6.07) is 2.60. The molecular weight excluding hydrogens is 394 g/mol. The number of hydrogen-bond donors (Lipinski definition) is 0. The first kappa shape index (κ1) is 20.3. The van der Waals surface area contributed by atoms with Crippen LogP contribution in [0.2, 0.25) is 0 Å². The van der Waals surface area contributed by atoms with Crippen LogP contribution in [0.5, 0.6) is 0 Å². The predicted octanol–water partition coefficient (Wildman–Crippen LogP) is 3.46. The number of anilines is 2. The van der Waals surface area contributed by atoms with E-state index in [4.69, 9.17) is 19.6 Å². The molecule has 5 heterocycles. The van der Waals surface area contributed by atoms with Crippen molar-refractivity contribution >= 4 is 17.6 Å². The molecule has 0 bridgehead atoms. The fourth-order valence-electron chi connectivity index (χ4n) is 5.07. The standard InChI is InChI=1S/C23H31N5O3/c1-15-13-21-19(24-16(15)2)5-4-9-27(21)22-18-14-26(23(29)30-3)10-6-20(18)28(25-22)17-7-11-31-12-8-17/h13,17H,4-12,14H2,1-3H3. The molecule has 0 N–H and O–H groups in total. The summed E-state index contributed by atoms with van der Waals surface area (Å²) < 4.78 is 12.9. The first-order valence-electron chi connectivity index (χ1n) is 11.3. The molecule has 0 radical (unpaired) electrons. The smallest absolute Gasteiger partial charge is 0.409 e. The van der Waals surface area contributed by atoms with Gasteiger partial charge in [0.2, 0.25) is 0 Å². The van der Waals surface area contributed by atoms with Gasteiger partial charge >= 0.3 is 6.09 Å². The van der Waals surface area contributed by atoms with E-state index in [0.717, 1.165) is 80.3 Å². The highest BCUT2D eigenvalue weighted by atomic mass is 16.5. The van der Waals surface area contributed by atoms with Crippen LogP contribution in [0.15, 0.2) is 6.07 Å². The first-order valence-corrected chi connectivity index (χ1v) is 11.3. The maximum absolute atomic E-state index is 12.3. The van der Waals surface area contributed by atoms with Gasteiger partial charge in [-0.15, -0.1) is 0 Å². The molecule has 1 saturated heterocycles. The minimum atomic E-state index is -0.275. The van der Waals surface area contributed by atoms with Gasteiger partial charge in [0.25, 0.3) is 0 Å².